The van der Waals surface area contributed by atoms with Crippen LogP contribution in [0.5, 0.6) is 0 Å². The summed E-state index contributed by atoms with van der Waals surface area (Å²) in [6.45, 7) is 6.06. The maximum atomic E-state index is 10.6. The van der Waals surface area contributed by atoms with Crippen LogP contribution in [0.2, 0.25) is 0 Å². The number of aliphatic carboxylic acids is 1. The lowest BCUT2D eigenvalue weighted by Gasteiger charge is -2.22. The van der Waals surface area contributed by atoms with Crippen LogP contribution in [0.4, 0.5) is 0 Å². The molecular formula is C13H20N2O2. The summed E-state index contributed by atoms with van der Waals surface area (Å²) in [7, 11) is 0. The normalized spacial score (nSPS) is 14.4. The summed E-state index contributed by atoms with van der Waals surface area (Å²) in [5.74, 6) is -0.922. The highest BCUT2D eigenvalue weighted by atomic mass is 16.4. The minimum absolute atomic E-state index is 0.118. The average Bonchev–Trinajstić information content (AvgIpc) is 2.24. The monoisotopic (exact) mass is 236 g/mol. The van der Waals surface area contributed by atoms with Crippen LogP contribution < -0.4 is 11.5 Å². The second kappa shape index (κ2) is 5.29. The SMILES string of the molecule is Cc1ccc(C(N)C(N)CC(=O)O)c(C)c1C. The fourth-order valence-electron chi connectivity index (χ4n) is 1.90. The van der Waals surface area contributed by atoms with Crippen LogP contribution in [-0.2, 0) is 4.79 Å². The Labute approximate surface area is 102 Å². The van der Waals surface area contributed by atoms with E-state index in [-0.39, 0.29) is 6.42 Å². The topological polar surface area (TPSA) is 89.3 Å². The third kappa shape index (κ3) is 3.05. The first-order chi connectivity index (χ1) is 7.84. The van der Waals surface area contributed by atoms with E-state index < -0.39 is 18.1 Å². The first kappa shape index (κ1) is 13.7. The molecule has 0 spiro atoms. The van der Waals surface area contributed by atoms with Crippen LogP contribution in [0.3, 0.4) is 0 Å². The molecule has 0 radical (unpaired) electrons. The van der Waals surface area contributed by atoms with Crippen molar-refractivity contribution in [3.05, 3.63) is 34.4 Å². The van der Waals surface area contributed by atoms with Crippen molar-refractivity contribution in [2.24, 2.45) is 11.5 Å². The summed E-state index contributed by atoms with van der Waals surface area (Å²) in [6.07, 6.45) is -0.118. The molecule has 0 saturated carbocycles. The van der Waals surface area contributed by atoms with Crippen LogP contribution in [0.15, 0.2) is 12.1 Å². The van der Waals surface area contributed by atoms with E-state index in [9.17, 15) is 4.79 Å². The quantitative estimate of drug-likeness (QED) is 0.737. The number of benzene rings is 1. The Kier molecular flexibility index (Phi) is 4.26. The molecule has 1 aromatic carbocycles. The van der Waals surface area contributed by atoms with Crippen LogP contribution >= 0.6 is 0 Å². The predicted octanol–water partition coefficient (Wildman–Crippen LogP) is 1.41. The second-order valence-corrected chi connectivity index (χ2v) is 4.51. The Hall–Kier alpha value is -1.39. The largest absolute Gasteiger partial charge is 0.481 e. The molecule has 1 aromatic rings. The summed E-state index contributed by atoms with van der Waals surface area (Å²) in [4.78, 5) is 10.6. The third-order valence-electron chi connectivity index (χ3n) is 3.33. The minimum Gasteiger partial charge on any atom is -0.481 e. The summed E-state index contributed by atoms with van der Waals surface area (Å²) < 4.78 is 0. The van der Waals surface area contributed by atoms with E-state index in [1.165, 1.54) is 11.1 Å². The molecule has 0 aromatic heterocycles. The summed E-state index contributed by atoms with van der Waals surface area (Å²) in [5, 5.41) is 8.71. The van der Waals surface area contributed by atoms with Crippen molar-refractivity contribution in [2.45, 2.75) is 39.3 Å². The maximum Gasteiger partial charge on any atom is 0.304 e. The zero-order valence-electron chi connectivity index (χ0n) is 10.5. The van der Waals surface area contributed by atoms with E-state index in [0.29, 0.717) is 0 Å². The molecule has 1 rings (SSSR count). The van der Waals surface area contributed by atoms with Gasteiger partial charge in [0.05, 0.1) is 6.42 Å². The molecule has 2 unspecified atom stereocenters. The van der Waals surface area contributed by atoms with Gasteiger partial charge in [-0.25, -0.2) is 0 Å². The standard InChI is InChI=1S/C13H20N2O2/c1-7-4-5-10(9(3)8(7)2)13(15)11(14)6-12(16)17/h4-5,11,13H,6,14-15H2,1-3H3,(H,16,17). The molecule has 0 amide bonds. The molecule has 4 heteroatoms. The molecule has 0 aliphatic rings. The van der Waals surface area contributed by atoms with Crippen LogP contribution in [-0.4, -0.2) is 17.1 Å². The number of nitrogens with two attached hydrogens (primary N) is 2. The van der Waals surface area contributed by atoms with Gasteiger partial charge in [0.15, 0.2) is 0 Å². The lowest BCUT2D eigenvalue weighted by atomic mass is 9.90. The Bertz CT molecular complexity index is 430. The van der Waals surface area contributed by atoms with Gasteiger partial charge >= 0.3 is 5.97 Å². The number of aryl methyl sites for hydroxylation is 1. The van der Waals surface area contributed by atoms with E-state index >= 15 is 0 Å². The highest BCUT2D eigenvalue weighted by molar-refractivity contribution is 5.67. The van der Waals surface area contributed by atoms with Crippen LogP contribution in [0.1, 0.15) is 34.7 Å². The number of rotatable bonds is 4. The highest BCUT2D eigenvalue weighted by Crippen LogP contribution is 2.23. The van der Waals surface area contributed by atoms with E-state index in [1.54, 1.807) is 0 Å². The van der Waals surface area contributed by atoms with Crippen molar-refractivity contribution in [3.63, 3.8) is 0 Å². The molecular weight excluding hydrogens is 216 g/mol. The first-order valence-electron chi connectivity index (χ1n) is 5.64. The summed E-state index contributed by atoms with van der Waals surface area (Å²) >= 11 is 0. The molecule has 17 heavy (non-hydrogen) atoms. The Morgan fingerprint density at radius 3 is 2.35 bits per heavy atom. The third-order valence-corrected chi connectivity index (χ3v) is 3.33. The minimum atomic E-state index is -0.922. The molecule has 5 N–H and O–H groups in total. The van der Waals surface area contributed by atoms with Gasteiger partial charge in [-0.3, -0.25) is 4.79 Å². The van der Waals surface area contributed by atoms with Gasteiger partial charge < -0.3 is 16.6 Å². The van der Waals surface area contributed by atoms with Gasteiger partial charge in [0.2, 0.25) is 0 Å². The zero-order valence-corrected chi connectivity index (χ0v) is 10.5. The van der Waals surface area contributed by atoms with E-state index in [4.69, 9.17) is 16.6 Å². The van der Waals surface area contributed by atoms with Gasteiger partial charge in [0, 0.05) is 12.1 Å². The van der Waals surface area contributed by atoms with Crippen molar-refractivity contribution < 1.29 is 9.90 Å². The Morgan fingerprint density at radius 2 is 1.82 bits per heavy atom. The second-order valence-electron chi connectivity index (χ2n) is 4.51. The lowest BCUT2D eigenvalue weighted by molar-refractivity contribution is -0.137. The molecule has 0 aliphatic carbocycles. The lowest BCUT2D eigenvalue weighted by Crippen LogP contribution is -2.36. The van der Waals surface area contributed by atoms with Gasteiger partial charge in [-0.2, -0.15) is 0 Å². The molecule has 0 aliphatic heterocycles. The number of hydrogen-bond donors (Lipinski definition) is 3. The molecule has 4 nitrogen and oxygen atoms in total. The first-order valence-corrected chi connectivity index (χ1v) is 5.64. The van der Waals surface area contributed by atoms with E-state index in [1.807, 2.05) is 32.9 Å². The van der Waals surface area contributed by atoms with Crippen molar-refractivity contribution in [2.75, 3.05) is 0 Å². The van der Waals surface area contributed by atoms with Crippen molar-refractivity contribution >= 4 is 5.97 Å². The molecule has 94 valence electrons. The number of carbonyl (C=O) groups is 1. The fourth-order valence-corrected chi connectivity index (χ4v) is 1.90. The van der Waals surface area contributed by atoms with Gasteiger partial charge in [-0.15, -0.1) is 0 Å². The van der Waals surface area contributed by atoms with Crippen LogP contribution in [0.25, 0.3) is 0 Å². The molecule has 0 bridgehead atoms. The van der Waals surface area contributed by atoms with Gasteiger partial charge in [0.1, 0.15) is 0 Å². The van der Waals surface area contributed by atoms with Gasteiger partial charge in [0.25, 0.3) is 0 Å². The van der Waals surface area contributed by atoms with E-state index in [2.05, 4.69) is 0 Å². The smallest absolute Gasteiger partial charge is 0.304 e. The highest BCUT2D eigenvalue weighted by Gasteiger charge is 2.20. The maximum absolute atomic E-state index is 10.6. The Balaban J connectivity index is 3.00. The molecule has 2 atom stereocenters. The Morgan fingerprint density at radius 1 is 1.24 bits per heavy atom. The number of carboxylic acid groups (broad SMARTS) is 1. The van der Waals surface area contributed by atoms with Crippen molar-refractivity contribution in [1.29, 1.82) is 0 Å². The van der Waals surface area contributed by atoms with E-state index in [0.717, 1.165) is 11.1 Å². The summed E-state index contributed by atoms with van der Waals surface area (Å²) in [5.41, 5.74) is 16.2. The van der Waals surface area contributed by atoms with Crippen molar-refractivity contribution in [3.8, 4) is 0 Å². The molecule has 0 heterocycles. The number of carboxylic acids is 1. The van der Waals surface area contributed by atoms with Gasteiger partial charge in [-0.1, -0.05) is 12.1 Å². The summed E-state index contributed by atoms with van der Waals surface area (Å²) in [6, 6.07) is 2.92. The molecule has 0 saturated heterocycles. The zero-order chi connectivity index (χ0) is 13.2. The predicted molar refractivity (Wildman–Crippen MR) is 67.8 cm³/mol. The van der Waals surface area contributed by atoms with Crippen molar-refractivity contribution in [1.82, 2.24) is 0 Å². The van der Waals surface area contributed by atoms with Gasteiger partial charge in [-0.05, 0) is 43.0 Å². The van der Waals surface area contributed by atoms with Crippen LogP contribution in [0, 0.1) is 20.8 Å². The number of hydrogen-bond acceptors (Lipinski definition) is 3. The fraction of sp³-hybridized carbons (Fsp3) is 0.462. The average molecular weight is 236 g/mol. The molecule has 0 fully saturated rings.